The third-order valence-electron chi connectivity index (χ3n) is 2.66. The Bertz CT molecular complexity index is 495. The molecular formula is C11H16BrN5S. The van der Waals surface area contributed by atoms with Gasteiger partial charge in [0.05, 0.1) is 9.83 Å². The van der Waals surface area contributed by atoms with Crippen molar-refractivity contribution >= 4 is 27.3 Å². The highest BCUT2D eigenvalue weighted by Gasteiger charge is 2.13. The molecule has 0 spiro atoms. The van der Waals surface area contributed by atoms with Gasteiger partial charge in [-0.15, -0.1) is 16.4 Å². The Morgan fingerprint density at radius 1 is 1.50 bits per heavy atom. The van der Waals surface area contributed by atoms with Crippen LogP contribution in [-0.4, -0.2) is 26.8 Å². The molecule has 2 aromatic rings. The van der Waals surface area contributed by atoms with Crippen LogP contribution in [0.2, 0.25) is 0 Å². The molecule has 2 heterocycles. The number of nitrogens with zero attached hydrogens (tertiary/aromatic N) is 4. The summed E-state index contributed by atoms with van der Waals surface area (Å²) in [5.41, 5.74) is 0. The van der Waals surface area contributed by atoms with E-state index in [0.29, 0.717) is 0 Å². The molecule has 0 amide bonds. The fourth-order valence-electron chi connectivity index (χ4n) is 1.78. The van der Waals surface area contributed by atoms with Crippen LogP contribution in [0.25, 0.3) is 0 Å². The van der Waals surface area contributed by atoms with Crippen LogP contribution in [0.1, 0.15) is 30.6 Å². The zero-order valence-corrected chi connectivity index (χ0v) is 12.8. The summed E-state index contributed by atoms with van der Waals surface area (Å²) in [4.78, 5) is 1.33. The Labute approximate surface area is 119 Å². The Morgan fingerprint density at radius 3 is 3.00 bits per heavy atom. The lowest BCUT2D eigenvalue weighted by Crippen LogP contribution is -2.22. The molecule has 1 atom stereocenters. The summed E-state index contributed by atoms with van der Waals surface area (Å²) < 4.78 is 3.04. The highest BCUT2D eigenvalue weighted by Crippen LogP contribution is 2.22. The second-order valence-electron chi connectivity index (χ2n) is 4.00. The van der Waals surface area contributed by atoms with E-state index in [1.807, 2.05) is 4.68 Å². The van der Waals surface area contributed by atoms with Gasteiger partial charge in [0, 0.05) is 17.8 Å². The molecule has 98 valence electrons. The lowest BCUT2D eigenvalue weighted by Gasteiger charge is -2.11. The molecule has 2 rings (SSSR count). The van der Waals surface area contributed by atoms with E-state index in [2.05, 4.69) is 62.8 Å². The standard InChI is InChI=1S/C11H16BrN5S/c1-3-13-8(2)11-14-15-16-17(11)7-6-9-4-5-10(12)18-9/h4-5,8,13H,3,6-7H2,1-2H3. The number of nitrogens with one attached hydrogen (secondary N) is 1. The van der Waals surface area contributed by atoms with Crippen molar-refractivity contribution in [2.24, 2.45) is 0 Å². The first kappa shape index (κ1) is 13.6. The Kier molecular flexibility index (Phi) is 4.85. The van der Waals surface area contributed by atoms with Crippen LogP contribution in [-0.2, 0) is 13.0 Å². The van der Waals surface area contributed by atoms with Gasteiger partial charge in [-0.3, -0.25) is 0 Å². The molecule has 18 heavy (non-hydrogen) atoms. The molecule has 0 saturated heterocycles. The zero-order chi connectivity index (χ0) is 13.0. The average molecular weight is 330 g/mol. The van der Waals surface area contributed by atoms with Crippen molar-refractivity contribution in [2.75, 3.05) is 6.54 Å². The van der Waals surface area contributed by atoms with Gasteiger partial charge in [-0.1, -0.05) is 6.92 Å². The van der Waals surface area contributed by atoms with Crippen LogP contribution in [0, 0.1) is 0 Å². The van der Waals surface area contributed by atoms with Crippen molar-refractivity contribution < 1.29 is 0 Å². The van der Waals surface area contributed by atoms with Crippen LogP contribution in [0.5, 0.6) is 0 Å². The van der Waals surface area contributed by atoms with Crippen molar-refractivity contribution in [1.29, 1.82) is 0 Å². The number of tetrazole rings is 1. The molecular weight excluding hydrogens is 314 g/mol. The summed E-state index contributed by atoms with van der Waals surface area (Å²) in [6.07, 6.45) is 0.952. The number of aromatic nitrogens is 4. The van der Waals surface area contributed by atoms with E-state index in [-0.39, 0.29) is 6.04 Å². The maximum Gasteiger partial charge on any atom is 0.167 e. The van der Waals surface area contributed by atoms with Gasteiger partial charge < -0.3 is 5.32 Å². The number of aryl methyl sites for hydroxylation is 2. The topological polar surface area (TPSA) is 55.6 Å². The number of rotatable bonds is 6. The molecule has 0 aliphatic carbocycles. The molecule has 7 heteroatoms. The number of thiophene rings is 1. The lowest BCUT2D eigenvalue weighted by atomic mass is 10.3. The molecule has 5 nitrogen and oxygen atoms in total. The third kappa shape index (κ3) is 3.37. The molecule has 0 radical (unpaired) electrons. The maximum atomic E-state index is 4.09. The fraction of sp³-hybridized carbons (Fsp3) is 0.545. The molecule has 0 aliphatic rings. The molecule has 0 fully saturated rings. The van der Waals surface area contributed by atoms with E-state index >= 15 is 0 Å². The van der Waals surface area contributed by atoms with Gasteiger partial charge in [-0.25, -0.2) is 4.68 Å². The van der Waals surface area contributed by atoms with Crippen molar-refractivity contribution in [2.45, 2.75) is 32.9 Å². The summed E-state index contributed by atoms with van der Waals surface area (Å²) in [5.74, 6) is 0.896. The van der Waals surface area contributed by atoms with E-state index in [9.17, 15) is 0 Å². The van der Waals surface area contributed by atoms with Crippen LogP contribution in [0.15, 0.2) is 15.9 Å². The first-order valence-corrected chi connectivity index (χ1v) is 7.55. The van der Waals surface area contributed by atoms with Gasteiger partial charge in [0.15, 0.2) is 5.82 Å². The Hall–Kier alpha value is -0.790. The van der Waals surface area contributed by atoms with Crippen LogP contribution in [0.4, 0.5) is 0 Å². The smallest absolute Gasteiger partial charge is 0.167 e. The largest absolute Gasteiger partial charge is 0.308 e. The van der Waals surface area contributed by atoms with Crippen molar-refractivity contribution in [3.05, 3.63) is 26.6 Å². The SMILES string of the molecule is CCNC(C)c1nnnn1CCc1ccc(Br)s1. The number of hydrogen-bond acceptors (Lipinski definition) is 5. The molecule has 0 saturated carbocycles. The quantitative estimate of drug-likeness (QED) is 0.884. The number of halogens is 1. The minimum atomic E-state index is 0.181. The van der Waals surface area contributed by atoms with Crippen molar-refractivity contribution in [3.8, 4) is 0 Å². The van der Waals surface area contributed by atoms with Gasteiger partial charge in [-0.05, 0) is 52.0 Å². The summed E-state index contributed by atoms with van der Waals surface area (Å²) >= 11 is 5.22. The molecule has 1 N–H and O–H groups in total. The second-order valence-corrected chi connectivity index (χ2v) is 6.54. The predicted molar refractivity (Wildman–Crippen MR) is 75.6 cm³/mol. The van der Waals surface area contributed by atoms with E-state index in [4.69, 9.17) is 0 Å². The highest BCUT2D eigenvalue weighted by molar-refractivity contribution is 9.11. The summed E-state index contributed by atoms with van der Waals surface area (Å²) in [7, 11) is 0. The van der Waals surface area contributed by atoms with Gasteiger partial charge in [0.25, 0.3) is 0 Å². The normalized spacial score (nSPS) is 12.8. The summed E-state index contributed by atoms with van der Waals surface area (Å²) in [6.45, 7) is 5.87. The van der Waals surface area contributed by atoms with Crippen LogP contribution in [0.3, 0.4) is 0 Å². The van der Waals surface area contributed by atoms with Gasteiger partial charge in [0.2, 0.25) is 0 Å². The summed E-state index contributed by atoms with van der Waals surface area (Å²) in [5, 5.41) is 15.2. The zero-order valence-electron chi connectivity index (χ0n) is 10.4. The predicted octanol–water partition coefficient (Wildman–Crippen LogP) is 2.41. The van der Waals surface area contributed by atoms with E-state index < -0.39 is 0 Å². The minimum absolute atomic E-state index is 0.181. The molecule has 1 unspecified atom stereocenters. The summed E-state index contributed by atoms with van der Waals surface area (Å²) in [6, 6.07) is 4.38. The monoisotopic (exact) mass is 329 g/mol. The first-order valence-electron chi connectivity index (χ1n) is 5.94. The van der Waals surface area contributed by atoms with Gasteiger partial charge in [0.1, 0.15) is 0 Å². The van der Waals surface area contributed by atoms with Crippen LogP contribution < -0.4 is 5.32 Å². The average Bonchev–Trinajstić information content (AvgIpc) is 2.95. The minimum Gasteiger partial charge on any atom is -0.308 e. The molecule has 0 aromatic carbocycles. The molecule has 0 aliphatic heterocycles. The molecule has 2 aromatic heterocycles. The van der Waals surface area contributed by atoms with E-state index in [0.717, 1.165) is 29.1 Å². The van der Waals surface area contributed by atoms with Gasteiger partial charge in [-0.2, -0.15) is 0 Å². The van der Waals surface area contributed by atoms with Crippen molar-refractivity contribution in [3.63, 3.8) is 0 Å². The lowest BCUT2D eigenvalue weighted by molar-refractivity contribution is 0.496. The fourth-order valence-corrected chi connectivity index (χ4v) is 3.25. The number of hydrogen-bond donors (Lipinski definition) is 1. The highest BCUT2D eigenvalue weighted by atomic mass is 79.9. The van der Waals surface area contributed by atoms with E-state index in [1.165, 1.54) is 4.88 Å². The molecule has 0 bridgehead atoms. The van der Waals surface area contributed by atoms with Crippen molar-refractivity contribution in [1.82, 2.24) is 25.5 Å². The van der Waals surface area contributed by atoms with Gasteiger partial charge >= 0.3 is 0 Å². The van der Waals surface area contributed by atoms with E-state index in [1.54, 1.807) is 11.3 Å². The Balaban J connectivity index is 1.99. The third-order valence-corrected chi connectivity index (χ3v) is 4.34. The Morgan fingerprint density at radius 2 is 2.33 bits per heavy atom. The van der Waals surface area contributed by atoms with Crippen LogP contribution >= 0.6 is 27.3 Å². The maximum absolute atomic E-state index is 4.09. The first-order chi connectivity index (χ1) is 8.70. The second kappa shape index (κ2) is 6.40.